The molecule has 1 saturated heterocycles. The van der Waals surface area contributed by atoms with Gasteiger partial charge in [-0.05, 0) is 62.2 Å². The number of carbonyl (C=O) groups excluding carboxylic acids is 3. The minimum absolute atomic E-state index is 0.0757. The number of Topliss-reactive ketones (excluding diaryl/α,β-unsaturated/α-hetero) is 1. The number of benzene rings is 2. The fourth-order valence-electron chi connectivity index (χ4n) is 4.07. The van der Waals surface area contributed by atoms with E-state index >= 15 is 0 Å². The molecule has 1 atom stereocenters. The number of ether oxygens (including phenoxy) is 2. The number of thiazole rings is 1. The number of esters is 1. The number of amides is 1. The van der Waals surface area contributed by atoms with Crippen molar-refractivity contribution < 1.29 is 29.0 Å². The average molecular weight is 571 g/mol. The Morgan fingerprint density at radius 1 is 1.19 bits per heavy atom. The molecule has 186 valence electrons. The Morgan fingerprint density at radius 3 is 2.58 bits per heavy atom. The van der Waals surface area contributed by atoms with Crippen molar-refractivity contribution in [1.29, 1.82) is 0 Å². The minimum Gasteiger partial charge on any atom is -0.507 e. The van der Waals surface area contributed by atoms with Crippen LogP contribution in [0.15, 0.2) is 52.5 Å². The van der Waals surface area contributed by atoms with E-state index in [-0.39, 0.29) is 27.9 Å². The van der Waals surface area contributed by atoms with Gasteiger partial charge in [0.1, 0.15) is 16.4 Å². The lowest BCUT2D eigenvalue weighted by Gasteiger charge is -2.23. The number of ketones is 1. The summed E-state index contributed by atoms with van der Waals surface area (Å²) in [6, 6.07) is 11.1. The quantitative estimate of drug-likeness (QED) is 0.184. The fourth-order valence-corrected chi connectivity index (χ4v) is 5.48. The van der Waals surface area contributed by atoms with Crippen LogP contribution in [0.2, 0.25) is 0 Å². The van der Waals surface area contributed by atoms with E-state index in [0.29, 0.717) is 22.6 Å². The molecule has 1 aliphatic heterocycles. The van der Waals surface area contributed by atoms with Crippen molar-refractivity contribution in [3.8, 4) is 5.75 Å². The van der Waals surface area contributed by atoms with Gasteiger partial charge in [0.05, 0.1) is 31.0 Å². The van der Waals surface area contributed by atoms with E-state index in [2.05, 4.69) is 20.9 Å². The summed E-state index contributed by atoms with van der Waals surface area (Å²) in [7, 11) is 1.54. The van der Waals surface area contributed by atoms with Crippen LogP contribution in [0.4, 0.5) is 5.13 Å². The molecule has 2 heterocycles. The normalized spacial score (nSPS) is 16.9. The molecule has 2 aromatic carbocycles. The molecule has 10 heteroatoms. The first-order valence-electron chi connectivity index (χ1n) is 11.0. The van der Waals surface area contributed by atoms with E-state index in [9.17, 15) is 19.5 Å². The number of rotatable bonds is 6. The number of methoxy groups -OCH3 is 1. The third-order valence-corrected chi connectivity index (χ3v) is 7.36. The van der Waals surface area contributed by atoms with Gasteiger partial charge in [0.15, 0.2) is 5.13 Å². The number of hydrogen-bond donors (Lipinski definition) is 1. The van der Waals surface area contributed by atoms with Gasteiger partial charge in [-0.3, -0.25) is 14.5 Å². The van der Waals surface area contributed by atoms with Crippen molar-refractivity contribution in [2.75, 3.05) is 18.6 Å². The maximum Gasteiger partial charge on any atom is 0.350 e. The van der Waals surface area contributed by atoms with E-state index < -0.39 is 23.7 Å². The first-order chi connectivity index (χ1) is 17.2. The highest BCUT2D eigenvalue weighted by Gasteiger charge is 2.48. The van der Waals surface area contributed by atoms with Gasteiger partial charge in [-0.25, -0.2) is 9.78 Å². The zero-order valence-electron chi connectivity index (χ0n) is 20.0. The van der Waals surface area contributed by atoms with Crippen LogP contribution in [-0.4, -0.2) is 41.5 Å². The summed E-state index contributed by atoms with van der Waals surface area (Å²) in [5.74, 6) is -1.94. The average Bonchev–Trinajstić information content (AvgIpc) is 3.35. The van der Waals surface area contributed by atoms with Crippen LogP contribution in [0, 0.1) is 13.8 Å². The Labute approximate surface area is 220 Å². The summed E-state index contributed by atoms with van der Waals surface area (Å²) in [5.41, 5.74) is 2.02. The molecule has 1 aliphatic rings. The lowest BCUT2D eigenvalue weighted by molar-refractivity contribution is -0.132. The molecule has 4 rings (SSSR count). The molecule has 1 unspecified atom stereocenters. The lowest BCUT2D eigenvalue weighted by atomic mass is 9.95. The van der Waals surface area contributed by atoms with E-state index in [1.54, 1.807) is 57.4 Å². The molecule has 1 amide bonds. The second-order valence-corrected chi connectivity index (χ2v) is 9.93. The van der Waals surface area contributed by atoms with Crippen molar-refractivity contribution in [2.45, 2.75) is 26.8 Å². The van der Waals surface area contributed by atoms with Gasteiger partial charge in [0, 0.05) is 10.0 Å². The maximum atomic E-state index is 13.4. The monoisotopic (exact) mass is 570 g/mol. The predicted octanol–water partition coefficient (Wildman–Crippen LogP) is 5.33. The summed E-state index contributed by atoms with van der Waals surface area (Å²) in [4.78, 5) is 45.0. The number of carbonyl (C=O) groups is 3. The minimum atomic E-state index is -0.967. The zero-order chi connectivity index (χ0) is 26.1. The number of aliphatic hydroxyl groups is 1. The molecule has 0 spiro atoms. The summed E-state index contributed by atoms with van der Waals surface area (Å²) in [6.07, 6.45) is 0. The highest BCUT2D eigenvalue weighted by molar-refractivity contribution is 9.10. The zero-order valence-corrected chi connectivity index (χ0v) is 22.4. The van der Waals surface area contributed by atoms with E-state index in [4.69, 9.17) is 9.47 Å². The van der Waals surface area contributed by atoms with Crippen molar-refractivity contribution in [1.82, 2.24) is 4.98 Å². The van der Waals surface area contributed by atoms with Crippen LogP contribution in [0.1, 0.15) is 45.0 Å². The second-order valence-electron chi connectivity index (χ2n) is 8.04. The predicted molar refractivity (Wildman–Crippen MR) is 139 cm³/mol. The molecule has 0 bridgehead atoms. The lowest BCUT2D eigenvalue weighted by Crippen LogP contribution is -2.29. The highest BCUT2D eigenvalue weighted by atomic mass is 79.9. The Kier molecular flexibility index (Phi) is 7.28. The highest BCUT2D eigenvalue weighted by Crippen LogP contribution is 2.44. The Hall–Kier alpha value is -3.50. The molecule has 1 aromatic heterocycles. The van der Waals surface area contributed by atoms with Gasteiger partial charge in [0.2, 0.25) is 0 Å². The van der Waals surface area contributed by atoms with Crippen LogP contribution in [0.25, 0.3) is 5.76 Å². The number of aromatic nitrogens is 1. The Balaban J connectivity index is 1.92. The van der Waals surface area contributed by atoms with E-state index in [1.807, 2.05) is 13.0 Å². The number of nitrogens with zero attached hydrogens (tertiary/aromatic N) is 2. The van der Waals surface area contributed by atoms with Crippen LogP contribution in [0.5, 0.6) is 5.75 Å². The smallest absolute Gasteiger partial charge is 0.350 e. The second kappa shape index (κ2) is 10.2. The number of aryl methyl sites for hydroxylation is 2. The third-order valence-electron chi connectivity index (χ3n) is 5.73. The van der Waals surface area contributed by atoms with Crippen molar-refractivity contribution in [3.63, 3.8) is 0 Å². The van der Waals surface area contributed by atoms with Gasteiger partial charge in [-0.1, -0.05) is 39.4 Å². The van der Waals surface area contributed by atoms with Gasteiger partial charge in [-0.15, -0.1) is 0 Å². The molecular formula is C26H23BrN2O6S. The fraction of sp³-hybridized carbons (Fsp3) is 0.231. The first-order valence-corrected chi connectivity index (χ1v) is 12.6. The van der Waals surface area contributed by atoms with Gasteiger partial charge < -0.3 is 14.6 Å². The van der Waals surface area contributed by atoms with Crippen molar-refractivity contribution in [2.24, 2.45) is 0 Å². The van der Waals surface area contributed by atoms with Gasteiger partial charge in [0.25, 0.3) is 5.78 Å². The molecule has 1 fully saturated rings. The molecule has 8 nitrogen and oxygen atoms in total. The summed E-state index contributed by atoms with van der Waals surface area (Å²) >= 11 is 4.40. The molecule has 1 N–H and O–H groups in total. The van der Waals surface area contributed by atoms with Crippen LogP contribution >= 0.6 is 27.3 Å². The van der Waals surface area contributed by atoms with Crippen molar-refractivity contribution in [3.05, 3.63) is 79.8 Å². The third kappa shape index (κ3) is 4.54. The van der Waals surface area contributed by atoms with E-state index in [1.165, 1.54) is 4.90 Å². The van der Waals surface area contributed by atoms with Gasteiger partial charge in [-0.2, -0.15) is 0 Å². The molecule has 0 radical (unpaired) electrons. The number of anilines is 1. The largest absolute Gasteiger partial charge is 0.507 e. The summed E-state index contributed by atoms with van der Waals surface area (Å²) in [6.45, 7) is 5.34. The molecule has 0 saturated carbocycles. The molecule has 3 aromatic rings. The molecular weight excluding hydrogens is 548 g/mol. The Morgan fingerprint density at radius 2 is 1.94 bits per heavy atom. The molecule has 0 aliphatic carbocycles. The topological polar surface area (TPSA) is 106 Å². The number of hydrogen-bond acceptors (Lipinski definition) is 8. The van der Waals surface area contributed by atoms with Crippen LogP contribution in [0.3, 0.4) is 0 Å². The summed E-state index contributed by atoms with van der Waals surface area (Å²) < 4.78 is 11.1. The number of aliphatic hydroxyl groups excluding tert-OH is 1. The maximum absolute atomic E-state index is 13.4. The van der Waals surface area contributed by atoms with E-state index in [0.717, 1.165) is 21.4 Å². The van der Waals surface area contributed by atoms with Crippen LogP contribution < -0.4 is 9.64 Å². The number of halogens is 1. The van der Waals surface area contributed by atoms with Crippen molar-refractivity contribution >= 4 is 55.8 Å². The first kappa shape index (κ1) is 25.6. The van der Waals surface area contributed by atoms with Gasteiger partial charge >= 0.3 is 11.9 Å². The summed E-state index contributed by atoms with van der Waals surface area (Å²) in [5, 5.41) is 11.5. The van der Waals surface area contributed by atoms with Crippen LogP contribution in [-0.2, 0) is 14.3 Å². The standard InChI is InChI=1S/C26H23BrN2O6S/c1-5-35-25(33)23-14(3)28-26(36-23)29-20(15-7-6-8-17(27)12-15)19(22(31)24(29)32)21(30)16-9-10-18(34-4)13(2)11-16/h6-12,20,30H,5H2,1-4H3/b21-19+. The Bertz CT molecular complexity index is 1410. The SMILES string of the molecule is CCOC(=O)c1sc(N2C(=O)C(=O)/C(=C(/O)c3ccc(OC)c(C)c3)C2c2cccc(Br)c2)nc1C. The molecule has 36 heavy (non-hydrogen) atoms.